The van der Waals surface area contributed by atoms with Crippen LogP contribution in [0.15, 0.2) is 54.6 Å². The lowest BCUT2D eigenvalue weighted by Crippen LogP contribution is -2.04. The summed E-state index contributed by atoms with van der Waals surface area (Å²) in [6.07, 6.45) is 6.98. The molecule has 2 nitrogen and oxygen atoms in total. The van der Waals surface area contributed by atoms with Crippen LogP contribution in [0.2, 0.25) is 0 Å². The minimum atomic E-state index is -0.417. The maximum absolute atomic E-state index is 11.6. The zero-order valence-electron chi connectivity index (χ0n) is 12.8. The van der Waals surface area contributed by atoms with Crippen molar-refractivity contribution in [2.75, 3.05) is 0 Å². The number of carbonyl (C=O) groups excluding carboxylic acids is 2. The van der Waals surface area contributed by atoms with Crippen molar-refractivity contribution in [3.8, 4) is 0 Å². The van der Waals surface area contributed by atoms with Crippen LogP contribution in [0, 0.1) is 0 Å². The molecule has 0 aliphatic rings. The standard InChI is InChI=1S/C20H22O2/c21-16-20(22)19-15-9-8-14-18(19)13-7-2-1-4-10-17-11-5-3-6-12-17/h3,5-6,8-9,11-12,14-16H,1-2,4,7,10,13H2. The van der Waals surface area contributed by atoms with Crippen LogP contribution < -0.4 is 0 Å². The van der Waals surface area contributed by atoms with E-state index in [2.05, 4.69) is 24.3 Å². The third kappa shape index (κ3) is 4.96. The van der Waals surface area contributed by atoms with Gasteiger partial charge in [0.25, 0.3) is 0 Å². The summed E-state index contributed by atoms with van der Waals surface area (Å²) in [5.74, 6) is -0.417. The van der Waals surface area contributed by atoms with Crippen LogP contribution in [0.4, 0.5) is 0 Å². The highest BCUT2D eigenvalue weighted by molar-refractivity contribution is 6.33. The van der Waals surface area contributed by atoms with Crippen molar-refractivity contribution in [3.05, 3.63) is 71.3 Å². The van der Waals surface area contributed by atoms with Crippen LogP contribution >= 0.6 is 0 Å². The molecule has 0 N–H and O–H groups in total. The maximum atomic E-state index is 11.6. The van der Waals surface area contributed by atoms with Gasteiger partial charge in [0.2, 0.25) is 5.78 Å². The summed E-state index contributed by atoms with van der Waals surface area (Å²) in [5.41, 5.74) is 2.94. The van der Waals surface area contributed by atoms with Crippen LogP contribution in [0.5, 0.6) is 0 Å². The zero-order chi connectivity index (χ0) is 15.6. The summed E-state index contributed by atoms with van der Waals surface area (Å²) in [6, 6.07) is 17.9. The highest BCUT2D eigenvalue weighted by atomic mass is 16.2. The highest BCUT2D eigenvalue weighted by Crippen LogP contribution is 2.14. The summed E-state index contributed by atoms with van der Waals surface area (Å²) in [4.78, 5) is 22.2. The molecule has 0 atom stereocenters. The molecule has 0 heterocycles. The van der Waals surface area contributed by atoms with E-state index in [4.69, 9.17) is 0 Å². The van der Waals surface area contributed by atoms with Gasteiger partial charge in [-0.3, -0.25) is 9.59 Å². The fourth-order valence-electron chi connectivity index (χ4n) is 2.68. The number of ketones is 1. The third-order valence-corrected chi connectivity index (χ3v) is 3.89. The molecule has 2 aromatic carbocycles. The van der Waals surface area contributed by atoms with Gasteiger partial charge < -0.3 is 0 Å². The minimum Gasteiger partial charge on any atom is -0.294 e. The molecule has 2 rings (SSSR count). The van der Waals surface area contributed by atoms with E-state index < -0.39 is 5.78 Å². The summed E-state index contributed by atoms with van der Waals surface area (Å²) in [5, 5.41) is 0. The van der Waals surface area contributed by atoms with E-state index >= 15 is 0 Å². The molecule has 0 fully saturated rings. The van der Waals surface area contributed by atoms with Crippen LogP contribution in [0.3, 0.4) is 0 Å². The van der Waals surface area contributed by atoms with Crippen molar-refractivity contribution in [3.63, 3.8) is 0 Å². The molecule has 0 amide bonds. The molecule has 0 unspecified atom stereocenters. The van der Waals surface area contributed by atoms with E-state index in [1.54, 1.807) is 12.1 Å². The van der Waals surface area contributed by atoms with Crippen molar-refractivity contribution >= 4 is 12.1 Å². The first-order chi connectivity index (χ1) is 10.8. The summed E-state index contributed by atoms with van der Waals surface area (Å²) >= 11 is 0. The zero-order valence-corrected chi connectivity index (χ0v) is 12.8. The van der Waals surface area contributed by atoms with Crippen LogP contribution in [-0.4, -0.2) is 12.1 Å². The van der Waals surface area contributed by atoms with Gasteiger partial charge in [-0.2, -0.15) is 0 Å². The predicted molar refractivity (Wildman–Crippen MR) is 89.2 cm³/mol. The van der Waals surface area contributed by atoms with Gasteiger partial charge >= 0.3 is 0 Å². The van der Waals surface area contributed by atoms with Crippen molar-refractivity contribution in [2.24, 2.45) is 0 Å². The normalized spacial score (nSPS) is 10.4. The van der Waals surface area contributed by atoms with Gasteiger partial charge in [-0.15, -0.1) is 0 Å². The minimum absolute atomic E-state index is 0.401. The molecular weight excluding hydrogens is 272 g/mol. The third-order valence-electron chi connectivity index (χ3n) is 3.89. The summed E-state index contributed by atoms with van der Waals surface area (Å²) < 4.78 is 0. The van der Waals surface area contributed by atoms with Gasteiger partial charge in [0.1, 0.15) is 0 Å². The smallest absolute Gasteiger partial charge is 0.225 e. The second-order valence-electron chi connectivity index (χ2n) is 5.54. The lowest BCUT2D eigenvalue weighted by Gasteiger charge is -2.06. The largest absolute Gasteiger partial charge is 0.294 e. The molecule has 0 radical (unpaired) electrons. The Balaban J connectivity index is 1.71. The lowest BCUT2D eigenvalue weighted by atomic mass is 9.98. The topological polar surface area (TPSA) is 34.1 Å². The first kappa shape index (κ1) is 16.2. The van der Waals surface area contributed by atoms with E-state index in [0.29, 0.717) is 11.8 Å². The van der Waals surface area contributed by atoms with Gasteiger partial charge in [0.05, 0.1) is 0 Å². The molecular formula is C20H22O2. The molecule has 0 saturated heterocycles. The van der Waals surface area contributed by atoms with Crippen LogP contribution in [-0.2, 0) is 17.6 Å². The second kappa shape index (κ2) is 8.93. The van der Waals surface area contributed by atoms with Gasteiger partial charge in [-0.25, -0.2) is 0 Å². The summed E-state index contributed by atoms with van der Waals surface area (Å²) in [7, 11) is 0. The number of carbonyl (C=O) groups is 2. The Bertz CT molecular complexity index is 602. The average Bonchev–Trinajstić information content (AvgIpc) is 2.58. The van der Waals surface area contributed by atoms with Crippen LogP contribution in [0.1, 0.15) is 47.2 Å². The number of aryl methyl sites for hydroxylation is 2. The van der Waals surface area contributed by atoms with E-state index in [9.17, 15) is 9.59 Å². The monoisotopic (exact) mass is 294 g/mol. The molecule has 0 spiro atoms. The molecule has 22 heavy (non-hydrogen) atoms. The Morgan fingerprint density at radius 2 is 1.41 bits per heavy atom. The van der Waals surface area contributed by atoms with Crippen molar-refractivity contribution in [1.29, 1.82) is 0 Å². The molecule has 0 aromatic heterocycles. The molecule has 0 aliphatic carbocycles. The van der Waals surface area contributed by atoms with E-state index in [0.717, 1.165) is 31.2 Å². The van der Waals surface area contributed by atoms with Crippen molar-refractivity contribution < 1.29 is 9.59 Å². The van der Waals surface area contributed by atoms with E-state index in [-0.39, 0.29) is 0 Å². The Labute approximate surface area is 132 Å². The molecule has 2 heteroatoms. The lowest BCUT2D eigenvalue weighted by molar-refractivity contribution is -0.104. The van der Waals surface area contributed by atoms with Gasteiger partial charge in [-0.05, 0) is 36.8 Å². The number of aldehydes is 1. The maximum Gasteiger partial charge on any atom is 0.225 e. The quantitative estimate of drug-likeness (QED) is 0.297. The number of hydrogen-bond donors (Lipinski definition) is 0. The number of Topliss-reactive ketones (excluding diaryl/α,β-unsaturated/α-hetero) is 1. The number of unbranched alkanes of at least 4 members (excludes halogenated alkanes) is 3. The highest BCUT2D eigenvalue weighted by Gasteiger charge is 2.08. The Hall–Kier alpha value is -2.22. The van der Waals surface area contributed by atoms with Gasteiger partial charge in [-0.1, -0.05) is 67.4 Å². The number of benzene rings is 2. The van der Waals surface area contributed by atoms with Gasteiger partial charge in [0.15, 0.2) is 6.29 Å². The second-order valence-corrected chi connectivity index (χ2v) is 5.54. The molecule has 0 aliphatic heterocycles. The molecule has 2 aromatic rings. The number of hydrogen-bond acceptors (Lipinski definition) is 2. The fraction of sp³-hybridized carbons (Fsp3) is 0.300. The Morgan fingerprint density at radius 3 is 2.14 bits per heavy atom. The SMILES string of the molecule is O=CC(=O)c1ccccc1CCCCCCc1ccccc1. The molecule has 114 valence electrons. The van der Waals surface area contributed by atoms with Crippen LogP contribution in [0.25, 0.3) is 0 Å². The van der Waals surface area contributed by atoms with Crippen molar-refractivity contribution in [1.82, 2.24) is 0 Å². The van der Waals surface area contributed by atoms with E-state index in [1.807, 2.05) is 18.2 Å². The molecule has 0 saturated carbocycles. The Kier molecular flexibility index (Phi) is 6.56. The fourth-order valence-corrected chi connectivity index (χ4v) is 2.68. The first-order valence-electron chi connectivity index (χ1n) is 7.92. The van der Waals surface area contributed by atoms with E-state index in [1.165, 1.54) is 18.4 Å². The predicted octanol–water partition coefficient (Wildman–Crippen LogP) is 4.41. The average molecular weight is 294 g/mol. The first-order valence-corrected chi connectivity index (χ1v) is 7.92. The number of rotatable bonds is 9. The van der Waals surface area contributed by atoms with Gasteiger partial charge in [0, 0.05) is 5.56 Å². The molecule has 0 bridgehead atoms. The summed E-state index contributed by atoms with van der Waals surface area (Å²) in [6.45, 7) is 0. The Morgan fingerprint density at radius 1 is 0.773 bits per heavy atom. The van der Waals surface area contributed by atoms with Crippen molar-refractivity contribution in [2.45, 2.75) is 38.5 Å².